The number of hydrogen-bond acceptors (Lipinski definition) is 9. The molecule has 3 atom stereocenters. The highest BCUT2D eigenvalue weighted by Crippen LogP contribution is 2.43. The molecule has 0 aliphatic rings. The van der Waals surface area contributed by atoms with Gasteiger partial charge >= 0.3 is 19.8 Å². The Hall–Kier alpha value is -2.07. The largest absolute Gasteiger partial charge is 0.472 e. The van der Waals surface area contributed by atoms with E-state index in [0.29, 0.717) is 12.8 Å². The maximum absolute atomic E-state index is 12.4. The number of hydrogen-bond donors (Lipinski definition) is 3. The van der Waals surface area contributed by atoms with E-state index in [1.54, 1.807) is 0 Å². The third-order valence-electron chi connectivity index (χ3n) is 10.3. The number of carbonyl (C=O) groups excluding carboxylic acids is 2. The monoisotopic (exact) mass is 869 g/mol. The fourth-order valence-corrected chi connectivity index (χ4v) is 7.30. The second-order valence-corrected chi connectivity index (χ2v) is 17.5. The van der Waals surface area contributed by atoms with Crippen LogP contribution >= 0.6 is 7.82 Å². The Morgan fingerprint density at radius 3 is 1.08 bits per heavy atom. The summed E-state index contributed by atoms with van der Waals surface area (Å²) >= 11 is 0. The fraction of sp³-hybridized carbons (Fsp3) is 0.796. The molecule has 0 fully saturated rings. The quantitative estimate of drug-likeness (QED) is 0.0234. The van der Waals surface area contributed by atoms with E-state index in [4.69, 9.17) is 18.5 Å². The van der Waals surface area contributed by atoms with E-state index in [9.17, 15) is 29.3 Å². The number of carbonyl (C=O) groups is 2. The molecule has 10 nitrogen and oxygen atoms in total. The van der Waals surface area contributed by atoms with Crippen molar-refractivity contribution in [3.8, 4) is 0 Å². The van der Waals surface area contributed by atoms with Gasteiger partial charge in [-0.25, -0.2) is 4.57 Å². The molecule has 350 valence electrons. The first-order chi connectivity index (χ1) is 29.3. The molecule has 0 saturated heterocycles. The van der Waals surface area contributed by atoms with Crippen molar-refractivity contribution in [1.29, 1.82) is 0 Å². The molecule has 0 saturated carbocycles. The molecule has 3 N–H and O–H groups in total. The van der Waals surface area contributed by atoms with Crippen LogP contribution in [0.2, 0.25) is 0 Å². The molecular weight excluding hydrogens is 780 g/mol. The van der Waals surface area contributed by atoms with Crippen LogP contribution in [0.4, 0.5) is 0 Å². The predicted octanol–water partition coefficient (Wildman–Crippen LogP) is 13.3. The lowest BCUT2D eigenvalue weighted by molar-refractivity contribution is -0.153. The summed E-state index contributed by atoms with van der Waals surface area (Å²) < 4.78 is 32.6. The van der Waals surface area contributed by atoms with Crippen LogP contribution in [0.3, 0.4) is 0 Å². The molecule has 0 radical (unpaired) electrons. The molecule has 0 aliphatic heterocycles. The number of rotatable bonds is 45. The van der Waals surface area contributed by atoms with Crippen molar-refractivity contribution in [2.24, 2.45) is 0 Å². The van der Waals surface area contributed by atoms with Crippen LogP contribution in [0.15, 0.2) is 48.6 Å². The first-order valence-electron chi connectivity index (χ1n) is 24.1. The Balaban J connectivity index is 3.86. The predicted molar refractivity (Wildman–Crippen MR) is 247 cm³/mol. The molecular formula is C49H89O10P. The van der Waals surface area contributed by atoms with E-state index in [2.05, 4.69) is 62.5 Å². The van der Waals surface area contributed by atoms with Gasteiger partial charge in [-0.3, -0.25) is 18.6 Å². The van der Waals surface area contributed by atoms with Crippen LogP contribution in [0.1, 0.15) is 213 Å². The van der Waals surface area contributed by atoms with E-state index >= 15 is 0 Å². The molecule has 0 amide bonds. The average Bonchev–Trinajstić information content (AvgIpc) is 3.24. The van der Waals surface area contributed by atoms with Gasteiger partial charge in [-0.2, -0.15) is 0 Å². The number of allylic oxidation sites excluding steroid dienone is 8. The van der Waals surface area contributed by atoms with Gasteiger partial charge in [0.05, 0.1) is 26.4 Å². The van der Waals surface area contributed by atoms with Gasteiger partial charge in [0.25, 0.3) is 0 Å². The number of esters is 2. The summed E-state index contributed by atoms with van der Waals surface area (Å²) in [7, 11) is -4.64. The maximum Gasteiger partial charge on any atom is 0.472 e. The van der Waals surface area contributed by atoms with Crippen molar-refractivity contribution >= 4 is 19.8 Å². The van der Waals surface area contributed by atoms with E-state index < -0.39 is 58.4 Å². The number of phosphoric acid groups is 1. The summed E-state index contributed by atoms with van der Waals surface area (Å²) in [5, 5.41) is 19.2. The molecule has 0 heterocycles. The summed E-state index contributed by atoms with van der Waals surface area (Å²) in [6.45, 7) is 2.15. The highest BCUT2D eigenvalue weighted by atomic mass is 31.2. The summed E-state index contributed by atoms with van der Waals surface area (Å²) in [4.78, 5) is 34.6. The van der Waals surface area contributed by atoms with E-state index in [1.165, 1.54) is 103 Å². The molecule has 0 aromatic carbocycles. The van der Waals surface area contributed by atoms with Gasteiger partial charge in [0, 0.05) is 12.8 Å². The summed E-state index contributed by atoms with van der Waals surface area (Å²) in [5.74, 6) is -1.03. The molecule has 3 unspecified atom stereocenters. The van der Waals surface area contributed by atoms with Crippen molar-refractivity contribution in [2.75, 3.05) is 26.4 Å². The van der Waals surface area contributed by atoms with Gasteiger partial charge < -0.3 is 24.6 Å². The minimum absolute atomic E-state index is 0.175. The van der Waals surface area contributed by atoms with Crippen molar-refractivity contribution in [1.82, 2.24) is 0 Å². The third kappa shape index (κ3) is 42.6. The summed E-state index contributed by atoms with van der Waals surface area (Å²) in [6, 6.07) is 0. The first-order valence-corrected chi connectivity index (χ1v) is 25.6. The number of unbranched alkanes of at least 4 members (excludes halogenated alkanes) is 23. The van der Waals surface area contributed by atoms with Gasteiger partial charge in [0.1, 0.15) is 12.2 Å². The topological polar surface area (TPSA) is 149 Å². The second-order valence-electron chi connectivity index (χ2n) is 16.1. The summed E-state index contributed by atoms with van der Waals surface area (Å²) in [6.07, 6.45) is 49.4. The maximum atomic E-state index is 12.4. The Morgan fingerprint density at radius 2 is 0.750 bits per heavy atom. The highest BCUT2D eigenvalue weighted by Gasteiger charge is 2.27. The van der Waals surface area contributed by atoms with Crippen molar-refractivity contribution in [2.45, 2.75) is 225 Å². The molecule has 0 aromatic heterocycles. The molecule has 0 spiro atoms. The van der Waals surface area contributed by atoms with Crippen molar-refractivity contribution in [3.63, 3.8) is 0 Å². The lowest BCUT2D eigenvalue weighted by atomic mass is 10.0. The smallest absolute Gasteiger partial charge is 0.457 e. The molecule has 0 bridgehead atoms. The van der Waals surface area contributed by atoms with Crippen LogP contribution in [0, 0.1) is 0 Å². The van der Waals surface area contributed by atoms with Crippen LogP contribution in [0.25, 0.3) is 0 Å². The Labute approximate surface area is 366 Å². The van der Waals surface area contributed by atoms with Crippen LogP contribution in [-0.4, -0.2) is 65.7 Å². The Kier molecular flexibility index (Phi) is 43.4. The SMILES string of the molecule is CCCC/C=C\C/C=C\CCCCCCCC(=O)OC(CO)COP(=O)(O)OCC(CO)OC(=O)CCCCCCCCCCCCC/C=C\C/C=C\CCCCCCC. The number of phosphoric ester groups is 1. The number of aliphatic hydroxyl groups is 2. The molecule has 0 aromatic rings. The minimum atomic E-state index is -4.64. The molecule has 0 rings (SSSR count). The minimum Gasteiger partial charge on any atom is -0.457 e. The molecule has 60 heavy (non-hydrogen) atoms. The van der Waals surface area contributed by atoms with E-state index in [-0.39, 0.29) is 12.8 Å². The lowest BCUT2D eigenvalue weighted by Crippen LogP contribution is -2.28. The zero-order valence-corrected chi connectivity index (χ0v) is 39.1. The first kappa shape index (κ1) is 57.9. The van der Waals surface area contributed by atoms with Gasteiger partial charge in [-0.15, -0.1) is 0 Å². The van der Waals surface area contributed by atoms with Crippen molar-refractivity contribution < 1.29 is 47.8 Å². The van der Waals surface area contributed by atoms with Gasteiger partial charge in [0.15, 0.2) is 0 Å². The van der Waals surface area contributed by atoms with E-state index in [1.807, 2.05) is 0 Å². The van der Waals surface area contributed by atoms with Gasteiger partial charge in [0.2, 0.25) is 0 Å². The zero-order valence-electron chi connectivity index (χ0n) is 38.2. The van der Waals surface area contributed by atoms with Crippen LogP contribution in [-0.2, 0) is 32.7 Å². The van der Waals surface area contributed by atoms with E-state index in [0.717, 1.165) is 70.6 Å². The Bertz CT molecular complexity index is 1140. The number of ether oxygens (including phenoxy) is 2. The lowest BCUT2D eigenvalue weighted by Gasteiger charge is -2.20. The molecule has 0 aliphatic carbocycles. The second kappa shape index (κ2) is 45.0. The zero-order chi connectivity index (χ0) is 44.0. The fourth-order valence-electron chi connectivity index (χ4n) is 6.52. The third-order valence-corrected chi connectivity index (χ3v) is 11.2. The number of aliphatic hydroxyl groups excluding tert-OH is 2. The van der Waals surface area contributed by atoms with Crippen LogP contribution < -0.4 is 0 Å². The van der Waals surface area contributed by atoms with Gasteiger partial charge in [-0.1, -0.05) is 178 Å². The average molecular weight is 869 g/mol. The van der Waals surface area contributed by atoms with Crippen molar-refractivity contribution in [3.05, 3.63) is 48.6 Å². The van der Waals surface area contributed by atoms with Gasteiger partial charge in [-0.05, 0) is 70.6 Å². The van der Waals surface area contributed by atoms with Crippen LogP contribution in [0.5, 0.6) is 0 Å². The molecule has 11 heteroatoms. The Morgan fingerprint density at radius 1 is 0.450 bits per heavy atom. The highest BCUT2D eigenvalue weighted by molar-refractivity contribution is 7.47. The standard InChI is InChI=1S/C49H89O10P/c1-3-5-7-9-11-13-15-17-19-20-21-22-23-24-25-26-27-29-31-33-35-37-39-41-49(53)59-47(43-51)45-57-60(54,55)56-44-46(42-50)58-48(52)40-38-36-34-32-30-28-18-16-14-12-10-8-6-4-2/h10,12,15-18,20-21,46-47,50-51H,3-9,11,13-14,19,22-45H2,1-2H3,(H,54,55)/b12-10-,17-15-,18-16-,21-20-. The summed E-state index contributed by atoms with van der Waals surface area (Å²) in [5.41, 5.74) is 0. The normalized spacial score (nSPS) is 14.2.